The Morgan fingerprint density at radius 3 is 2.36 bits per heavy atom. The number of ketones is 2. The van der Waals surface area contributed by atoms with E-state index in [1.54, 1.807) is 0 Å². The average molecular weight is 222 g/mol. The molecule has 78 valence electrons. The van der Waals surface area contributed by atoms with Crippen LogP contribution in [0.1, 0.15) is 6.92 Å². The molecule has 0 saturated carbocycles. The Labute approximate surface area is 84.5 Å². The summed E-state index contributed by atoms with van der Waals surface area (Å²) in [6.07, 6.45) is 0. The molecule has 0 aromatic carbocycles. The number of hydrogen-bond donors (Lipinski definition) is 1. The number of aliphatic carboxylic acids is 1. The third-order valence-electron chi connectivity index (χ3n) is 1.01. The van der Waals surface area contributed by atoms with Gasteiger partial charge in [0.25, 0.3) is 0 Å². The molecule has 14 heavy (non-hydrogen) atoms. The van der Waals surface area contributed by atoms with Crippen molar-refractivity contribution in [3.8, 4) is 0 Å². The lowest BCUT2D eigenvalue weighted by molar-refractivity contribution is -0.131. The highest BCUT2D eigenvalue weighted by molar-refractivity contribution is 6.67. The maximum absolute atomic E-state index is 10.8. The first kappa shape index (κ1) is 12.6. The molecule has 0 aliphatic rings. The van der Waals surface area contributed by atoms with Gasteiger partial charge in [-0.2, -0.15) is 0 Å². The van der Waals surface area contributed by atoms with Crippen LogP contribution in [0, 0.1) is 0 Å². The first-order chi connectivity index (χ1) is 6.49. The molecule has 0 aromatic heterocycles. The van der Waals surface area contributed by atoms with Gasteiger partial charge in [0.1, 0.15) is 0 Å². The molecule has 0 amide bonds. The molecule has 0 bridgehead atoms. The number of oxime groups is 1. The van der Waals surface area contributed by atoms with Gasteiger partial charge in [-0.15, -0.1) is 11.6 Å². The number of carbonyl (C=O) groups is 3. The zero-order valence-electron chi connectivity index (χ0n) is 7.32. The molecule has 6 nitrogen and oxygen atoms in total. The summed E-state index contributed by atoms with van der Waals surface area (Å²) in [5.41, 5.74) is -0.818. The average Bonchev–Trinajstić information content (AvgIpc) is 2.10. The van der Waals surface area contributed by atoms with Gasteiger partial charge in [-0.3, -0.25) is 9.59 Å². The zero-order chi connectivity index (χ0) is 11.1. The third kappa shape index (κ3) is 4.56. The fraction of sp³-hybridized carbons (Fsp3) is 0.429. The SMILES string of the molecule is CC(=O)CO/N=C(/C(=O)O)C(=O)CCl. The summed E-state index contributed by atoms with van der Waals surface area (Å²) in [6, 6.07) is 0. The van der Waals surface area contributed by atoms with Crippen LogP contribution < -0.4 is 0 Å². The molecular formula is C7H8ClNO5. The standard InChI is InChI=1S/C7H8ClNO5/c1-4(10)3-14-9-6(7(12)13)5(11)2-8/h2-3H2,1H3,(H,12,13)/b9-6+. The number of hydrogen-bond acceptors (Lipinski definition) is 5. The van der Waals surface area contributed by atoms with E-state index in [1.807, 2.05) is 0 Å². The molecule has 0 saturated heterocycles. The highest BCUT2D eigenvalue weighted by atomic mass is 35.5. The molecule has 0 unspecified atom stereocenters. The number of carboxylic acids is 1. The topological polar surface area (TPSA) is 93.0 Å². The van der Waals surface area contributed by atoms with Gasteiger partial charge < -0.3 is 9.94 Å². The van der Waals surface area contributed by atoms with Crippen molar-refractivity contribution in [1.29, 1.82) is 0 Å². The van der Waals surface area contributed by atoms with Crippen molar-refractivity contribution in [2.75, 3.05) is 12.5 Å². The van der Waals surface area contributed by atoms with Crippen LogP contribution in [0.3, 0.4) is 0 Å². The van der Waals surface area contributed by atoms with Gasteiger partial charge in [-0.05, 0) is 6.92 Å². The number of alkyl halides is 1. The highest BCUT2D eigenvalue weighted by Crippen LogP contribution is 1.89. The Hall–Kier alpha value is -1.43. The summed E-state index contributed by atoms with van der Waals surface area (Å²) in [5, 5.41) is 11.5. The monoisotopic (exact) mass is 221 g/mol. The predicted molar refractivity (Wildman–Crippen MR) is 47.4 cm³/mol. The molecule has 7 heteroatoms. The molecule has 0 fully saturated rings. The van der Waals surface area contributed by atoms with E-state index in [0.29, 0.717) is 0 Å². The minimum Gasteiger partial charge on any atom is -0.476 e. The Morgan fingerprint density at radius 1 is 1.43 bits per heavy atom. The quantitative estimate of drug-likeness (QED) is 0.291. The maximum atomic E-state index is 10.8. The van der Waals surface area contributed by atoms with Crippen LogP contribution in [0.15, 0.2) is 5.16 Å². The smallest absolute Gasteiger partial charge is 0.361 e. The van der Waals surface area contributed by atoms with Gasteiger partial charge in [-0.25, -0.2) is 4.79 Å². The molecule has 0 spiro atoms. The maximum Gasteiger partial charge on any atom is 0.361 e. The minimum absolute atomic E-state index is 0.336. The van der Waals surface area contributed by atoms with Crippen molar-refractivity contribution < 1.29 is 24.3 Å². The number of halogens is 1. The lowest BCUT2D eigenvalue weighted by Crippen LogP contribution is -2.25. The molecule has 1 N–H and O–H groups in total. The predicted octanol–water partition coefficient (Wildman–Crippen LogP) is -0.160. The van der Waals surface area contributed by atoms with Gasteiger partial charge in [0, 0.05) is 0 Å². The van der Waals surface area contributed by atoms with E-state index >= 15 is 0 Å². The van der Waals surface area contributed by atoms with Gasteiger partial charge in [0.15, 0.2) is 12.4 Å². The van der Waals surface area contributed by atoms with Crippen molar-refractivity contribution in [1.82, 2.24) is 0 Å². The van der Waals surface area contributed by atoms with Gasteiger partial charge >= 0.3 is 5.97 Å². The van der Waals surface area contributed by atoms with Crippen molar-refractivity contribution >= 4 is 34.8 Å². The van der Waals surface area contributed by atoms with E-state index in [0.717, 1.165) is 0 Å². The number of rotatable bonds is 6. The molecule has 0 rings (SSSR count). The van der Waals surface area contributed by atoms with Crippen LogP contribution in [0.25, 0.3) is 0 Å². The van der Waals surface area contributed by atoms with Gasteiger partial charge in [0.05, 0.1) is 5.88 Å². The van der Waals surface area contributed by atoms with Crippen LogP contribution in [0.4, 0.5) is 0 Å². The van der Waals surface area contributed by atoms with Crippen molar-refractivity contribution in [2.24, 2.45) is 5.16 Å². The summed E-state index contributed by atoms with van der Waals surface area (Å²) >= 11 is 5.12. The Bertz CT molecular complexity index is 286. The summed E-state index contributed by atoms with van der Waals surface area (Å²) < 4.78 is 0. The number of Topliss-reactive ketones (excluding diaryl/α,β-unsaturated/α-hetero) is 2. The van der Waals surface area contributed by atoms with Crippen molar-refractivity contribution in [3.05, 3.63) is 0 Å². The minimum atomic E-state index is -1.54. The summed E-state index contributed by atoms with van der Waals surface area (Å²) in [4.78, 5) is 35.9. The molecule has 0 aliphatic heterocycles. The third-order valence-corrected chi connectivity index (χ3v) is 1.25. The summed E-state index contributed by atoms with van der Waals surface area (Å²) in [5.74, 6) is -3.26. The first-order valence-electron chi connectivity index (χ1n) is 3.51. The lowest BCUT2D eigenvalue weighted by atomic mass is 10.3. The second-order valence-corrected chi connectivity index (χ2v) is 2.54. The Balaban J connectivity index is 4.42. The Kier molecular flexibility index (Phi) is 5.47. The van der Waals surface area contributed by atoms with Gasteiger partial charge in [0.2, 0.25) is 11.5 Å². The largest absolute Gasteiger partial charge is 0.476 e. The van der Waals surface area contributed by atoms with Crippen molar-refractivity contribution in [2.45, 2.75) is 6.92 Å². The highest BCUT2D eigenvalue weighted by Gasteiger charge is 2.19. The molecule has 0 atom stereocenters. The molecular weight excluding hydrogens is 214 g/mol. The second-order valence-electron chi connectivity index (χ2n) is 2.28. The second kappa shape index (κ2) is 6.09. The summed E-state index contributed by atoms with van der Waals surface area (Å²) in [6.45, 7) is 0.853. The van der Waals surface area contributed by atoms with E-state index in [4.69, 9.17) is 16.7 Å². The molecule has 0 aromatic rings. The van der Waals surface area contributed by atoms with E-state index in [9.17, 15) is 14.4 Å². The van der Waals surface area contributed by atoms with Crippen LogP contribution in [-0.4, -0.2) is 40.8 Å². The van der Waals surface area contributed by atoms with Crippen LogP contribution in [-0.2, 0) is 19.2 Å². The van der Waals surface area contributed by atoms with Crippen LogP contribution >= 0.6 is 11.6 Å². The molecule has 0 radical (unpaired) electrons. The lowest BCUT2D eigenvalue weighted by Gasteiger charge is -1.97. The fourth-order valence-electron chi connectivity index (χ4n) is 0.460. The zero-order valence-corrected chi connectivity index (χ0v) is 8.08. The van der Waals surface area contributed by atoms with E-state index in [-0.39, 0.29) is 12.4 Å². The summed E-state index contributed by atoms with van der Waals surface area (Å²) in [7, 11) is 0. The van der Waals surface area contributed by atoms with Crippen molar-refractivity contribution in [3.63, 3.8) is 0 Å². The first-order valence-corrected chi connectivity index (χ1v) is 4.04. The van der Waals surface area contributed by atoms with E-state index < -0.39 is 23.3 Å². The molecule has 0 heterocycles. The van der Waals surface area contributed by atoms with E-state index in [2.05, 4.69) is 9.99 Å². The normalized spacial score (nSPS) is 10.9. The van der Waals surface area contributed by atoms with Gasteiger partial charge in [-0.1, -0.05) is 5.16 Å². The molecule has 0 aliphatic carbocycles. The van der Waals surface area contributed by atoms with Crippen LogP contribution in [0.2, 0.25) is 0 Å². The number of carbonyl (C=O) groups excluding carboxylic acids is 2. The number of carboxylic acid groups (broad SMARTS) is 1. The number of nitrogens with zero attached hydrogens (tertiary/aromatic N) is 1. The Morgan fingerprint density at radius 2 is 2.00 bits per heavy atom. The van der Waals surface area contributed by atoms with E-state index in [1.165, 1.54) is 6.92 Å². The fourth-order valence-corrected chi connectivity index (χ4v) is 0.587. The van der Waals surface area contributed by atoms with Crippen LogP contribution in [0.5, 0.6) is 0 Å².